The molecule has 2 aliphatic heterocycles. The summed E-state index contributed by atoms with van der Waals surface area (Å²) in [5, 5.41) is 3.15. The van der Waals surface area contributed by atoms with Gasteiger partial charge in [-0.1, -0.05) is 24.3 Å². The van der Waals surface area contributed by atoms with Gasteiger partial charge in [-0.05, 0) is 51.7 Å². The van der Waals surface area contributed by atoms with Crippen molar-refractivity contribution in [2.24, 2.45) is 0 Å². The standard InChI is InChI=1S/C22H26BrN3O2/c1-25-9-8-17-14-16(6-7-20(17)25)21(26-10-12-28-13-11-26)15-24-22(27)18-4-2-3-5-19(18)23/h2-7,14,21H,8-13,15H2,1H3,(H,24,27)/t21-/m1/s1. The number of rotatable bonds is 5. The molecule has 1 atom stereocenters. The predicted molar refractivity (Wildman–Crippen MR) is 115 cm³/mol. The number of anilines is 1. The summed E-state index contributed by atoms with van der Waals surface area (Å²) in [5.41, 5.74) is 4.65. The van der Waals surface area contributed by atoms with Crippen molar-refractivity contribution >= 4 is 27.5 Å². The Labute approximate surface area is 174 Å². The van der Waals surface area contributed by atoms with Gasteiger partial charge in [0, 0.05) is 43.4 Å². The number of nitrogens with one attached hydrogen (secondary N) is 1. The van der Waals surface area contributed by atoms with Crippen LogP contribution in [0.5, 0.6) is 0 Å². The van der Waals surface area contributed by atoms with Gasteiger partial charge in [0.2, 0.25) is 0 Å². The number of hydrogen-bond acceptors (Lipinski definition) is 4. The Bertz CT molecular complexity index is 851. The molecule has 1 N–H and O–H groups in total. The van der Waals surface area contributed by atoms with Gasteiger partial charge in [-0.15, -0.1) is 0 Å². The lowest BCUT2D eigenvalue weighted by atomic mass is 10.00. The van der Waals surface area contributed by atoms with Gasteiger partial charge in [-0.2, -0.15) is 0 Å². The van der Waals surface area contributed by atoms with Crippen molar-refractivity contribution in [2.75, 3.05) is 51.3 Å². The molecule has 2 aromatic rings. The molecule has 5 nitrogen and oxygen atoms in total. The summed E-state index contributed by atoms with van der Waals surface area (Å²) in [6.45, 7) is 4.89. The van der Waals surface area contributed by atoms with E-state index in [1.54, 1.807) is 0 Å². The molecule has 1 amide bonds. The summed E-state index contributed by atoms with van der Waals surface area (Å²) >= 11 is 3.47. The molecule has 0 aliphatic carbocycles. The third-order valence-electron chi connectivity index (χ3n) is 5.68. The zero-order valence-electron chi connectivity index (χ0n) is 16.2. The molecule has 6 heteroatoms. The zero-order valence-corrected chi connectivity index (χ0v) is 17.7. The molecule has 1 fully saturated rings. The van der Waals surface area contributed by atoms with Crippen LogP contribution in [0.25, 0.3) is 0 Å². The average Bonchev–Trinajstić information content (AvgIpc) is 3.09. The van der Waals surface area contributed by atoms with Crippen LogP contribution in [0, 0.1) is 0 Å². The van der Waals surface area contributed by atoms with Crippen molar-refractivity contribution in [3.63, 3.8) is 0 Å². The predicted octanol–water partition coefficient (Wildman–Crippen LogP) is 3.24. The molecule has 0 saturated carbocycles. The van der Waals surface area contributed by atoms with Crippen LogP contribution >= 0.6 is 15.9 Å². The van der Waals surface area contributed by atoms with Crippen LogP contribution in [0.1, 0.15) is 27.5 Å². The number of likely N-dealkylation sites (N-methyl/N-ethyl adjacent to an activating group) is 1. The molecule has 2 aromatic carbocycles. The van der Waals surface area contributed by atoms with Gasteiger partial charge in [0.1, 0.15) is 0 Å². The summed E-state index contributed by atoms with van der Waals surface area (Å²) in [7, 11) is 2.14. The van der Waals surface area contributed by atoms with Crippen molar-refractivity contribution in [1.82, 2.24) is 10.2 Å². The molecule has 2 aliphatic rings. The molecular weight excluding hydrogens is 418 g/mol. The first kappa shape index (κ1) is 19.4. The topological polar surface area (TPSA) is 44.8 Å². The number of fused-ring (bicyclic) bond motifs is 1. The van der Waals surface area contributed by atoms with Crippen LogP contribution < -0.4 is 10.2 Å². The molecule has 4 rings (SSSR count). The van der Waals surface area contributed by atoms with Crippen LogP contribution in [-0.4, -0.2) is 57.2 Å². The lowest BCUT2D eigenvalue weighted by Crippen LogP contribution is -2.43. The number of amides is 1. The lowest BCUT2D eigenvalue weighted by molar-refractivity contribution is 0.0162. The first-order valence-corrected chi connectivity index (χ1v) is 10.6. The van der Waals surface area contributed by atoms with Crippen LogP contribution in [0.4, 0.5) is 5.69 Å². The van der Waals surface area contributed by atoms with Crippen molar-refractivity contribution in [3.8, 4) is 0 Å². The highest BCUT2D eigenvalue weighted by Gasteiger charge is 2.25. The smallest absolute Gasteiger partial charge is 0.252 e. The van der Waals surface area contributed by atoms with Gasteiger partial charge < -0.3 is 15.0 Å². The summed E-state index contributed by atoms with van der Waals surface area (Å²) < 4.78 is 6.36. The number of nitrogens with zero attached hydrogens (tertiary/aromatic N) is 2. The van der Waals surface area contributed by atoms with Crippen LogP contribution in [0.2, 0.25) is 0 Å². The van der Waals surface area contributed by atoms with Gasteiger partial charge in [-0.3, -0.25) is 9.69 Å². The summed E-state index contributed by atoms with van der Waals surface area (Å²) in [6, 6.07) is 14.4. The minimum atomic E-state index is -0.0494. The Hall–Kier alpha value is -1.89. The van der Waals surface area contributed by atoms with E-state index in [2.05, 4.69) is 56.3 Å². The minimum Gasteiger partial charge on any atom is -0.379 e. The summed E-state index contributed by atoms with van der Waals surface area (Å²) in [5.74, 6) is -0.0494. The number of benzene rings is 2. The Morgan fingerprint density at radius 1 is 1.18 bits per heavy atom. The van der Waals surface area contributed by atoms with Gasteiger partial charge in [0.25, 0.3) is 5.91 Å². The Morgan fingerprint density at radius 2 is 1.96 bits per heavy atom. The highest BCUT2D eigenvalue weighted by Crippen LogP contribution is 2.31. The average molecular weight is 444 g/mol. The second-order valence-electron chi connectivity index (χ2n) is 7.41. The van der Waals surface area contributed by atoms with E-state index in [0.29, 0.717) is 12.1 Å². The van der Waals surface area contributed by atoms with E-state index in [-0.39, 0.29) is 11.9 Å². The fourth-order valence-electron chi connectivity index (χ4n) is 4.07. The number of halogens is 1. The van der Waals surface area contributed by atoms with Gasteiger partial charge in [0.15, 0.2) is 0 Å². The lowest BCUT2D eigenvalue weighted by Gasteiger charge is -2.35. The fourth-order valence-corrected chi connectivity index (χ4v) is 4.54. The second-order valence-corrected chi connectivity index (χ2v) is 8.27. The molecular formula is C22H26BrN3O2. The van der Waals surface area contributed by atoms with Gasteiger partial charge in [-0.25, -0.2) is 0 Å². The third kappa shape index (κ3) is 4.09. The number of carbonyl (C=O) groups is 1. The van der Waals surface area contributed by atoms with E-state index in [4.69, 9.17) is 4.74 Å². The Kier molecular flexibility index (Phi) is 5.99. The molecule has 0 radical (unpaired) electrons. The molecule has 0 bridgehead atoms. The minimum absolute atomic E-state index is 0.0494. The Balaban J connectivity index is 1.54. The highest BCUT2D eigenvalue weighted by atomic mass is 79.9. The maximum absolute atomic E-state index is 12.7. The molecule has 0 spiro atoms. The Morgan fingerprint density at radius 3 is 2.75 bits per heavy atom. The maximum Gasteiger partial charge on any atom is 0.252 e. The monoisotopic (exact) mass is 443 g/mol. The SMILES string of the molecule is CN1CCc2cc([C@@H](CNC(=O)c3ccccc3Br)N3CCOCC3)ccc21. The molecule has 28 heavy (non-hydrogen) atoms. The van der Waals surface area contributed by atoms with E-state index >= 15 is 0 Å². The van der Waals surface area contributed by atoms with Crippen molar-refractivity contribution in [2.45, 2.75) is 12.5 Å². The zero-order chi connectivity index (χ0) is 19.5. The molecule has 1 saturated heterocycles. The number of morpholine rings is 1. The molecule has 148 valence electrons. The highest BCUT2D eigenvalue weighted by molar-refractivity contribution is 9.10. The first-order valence-electron chi connectivity index (χ1n) is 9.82. The second kappa shape index (κ2) is 8.64. The normalized spacial score (nSPS) is 18.0. The molecule has 2 heterocycles. The number of ether oxygens (including phenoxy) is 1. The quantitative estimate of drug-likeness (QED) is 0.769. The van der Waals surface area contributed by atoms with Gasteiger partial charge >= 0.3 is 0 Å². The van der Waals surface area contributed by atoms with E-state index in [1.807, 2.05) is 24.3 Å². The number of carbonyl (C=O) groups excluding carboxylic acids is 1. The largest absolute Gasteiger partial charge is 0.379 e. The first-order chi connectivity index (χ1) is 13.6. The fraction of sp³-hybridized carbons (Fsp3) is 0.409. The van der Waals surface area contributed by atoms with E-state index in [1.165, 1.54) is 16.8 Å². The van der Waals surface area contributed by atoms with E-state index in [9.17, 15) is 4.79 Å². The van der Waals surface area contributed by atoms with Crippen LogP contribution in [-0.2, 0) is 11.2 Å². The maximum atomic E-state index is 12.7. The van der Waals surface area contributed by atoms with E-state index < -0.39 is 0 Å². The van der Waals surface area contributed by atoms with E-state index in [0.717, 1.165) is 43.7 Å². The molecule has 0 aromatic heterocycles. The number of hydrogen-bond donors (Lipinski definition) is 1. The van der Waals surface area contributed by atoms with Crippen molar-refractivity contribution < 1.29 is 9.53 Å². The summed E-state index contributed by atoms with van der Waals surface area (Å²) in [6.07, 6.45) is 1.08. The van der Waals surface area contributed by atoms with Crippen LogP contribution in [0.15, 0.2) is 46.9 Å². The van der Waals surface area contributed by atoms with Crippen LogP contribution in [0.3, 0.4) is 0 Å². The third-order valence-corrected chi connectivity index (χ3v) is 6.37. The summed E-state index contributed by atoms with van der Waals surface area (Å²) in [4.78, 5) is 17.4. The molecule has 0 unspecified atom stereocenters. The van der Waals surface area contributed by atoms with Gasteiger partial charge in [0.05, 0.1) is 24.8 Å². The van der Waals surface area contributed by atoms with Crippen molar-refractivity contribution in [3.05, 3.63) is 63.6 Å². The van der Waals surface area contributed by atoms with Crippen molar-refractivity contribution in [1.29, 1.82) is 0 Å².